The molecule has 0 aliphatic carbocycles. The second-order valence-corrected chi connectivity index (χ2v) is 9.22. The SMILES string of the molecule is Cc1noc(-c2c(N3CC[C@@H](N[C@@H]4CCOC4)C[C@H]3C)nc3c(C#N)cc(C#N)cc3c2C)n1. The van der Waals surface area contributed by atoms with E-state index in [0.29, 0.717) is 40.4 Å². The van der Waals surface area contributed by atoms with Crippen molar-refractivity contribution in [3.8, 4) is 23.6 Å². The van der Waals surface area contributed by atoms with E-state index in [1.54, 1.807) is 19.1 Å². The van der Waals surface area contributed by atoms with Crippen molar-refractivity contribution in [3.05, 3.63) is 34.6 Å². The van der Waals surface area contributed by atoms with E-state index < -0.39 is 0 Å². The van der Waals surface area contributed by atoms with Crippen LogP contribution in [0, 0.1) is 36.5 Å². The number of hydrogen-bond acceptors (Lipinski definition) is 9. The topological polar surface area (TPSA) is 124 Å². The van der Waals surface area contributed by atoms with Crippen LogP contribution in [-0.4, -0.2) is 53.0 Å². The van der Waals surface area contributed by atoms with Gasteiger partial charge in [0, 0.05) is 36.7 Å². The van der Waals surface area contributed by atoms with Crippen molar-refractivity contribution in [1.29, 1.82) is 10.5 Å². The average molecular weight is 458 g/mol. The Labute approximate surface area is 198 Å². The number of nitrogens with zero attached hydrogens (tertiary/aromatic N) is 6. The minimum absolute atomic E-state index is 0.213. The van der Waals surface area contributed by atoms with E-state index in [1.807, 2.05) is 6.92 Å². The number of ether oxygens (including phenoxy) is 1. The van der Waals surface area contributed by atoms with E-state index in [1.165, 1.54) is 0 Å². The summed E-state index contributed by atoms with van der Waals surface area (Å²) in [5, 5.41) is 27.8. The Balaban J connectivity index is 1.59. The molecular weight excluding hydrogens is 430 g/mol. The first-order valence-corrected chi connectivity index (χ1v) is 11.7. The second-order valence-electron chi connectivity index (χ2n) is 9.22. The maximum Gasteiger partial charge on any atom is 0.261 e. The third-order valence-corrected chi connectivity index (χ3v) is 6.87. The van der Waals surface area contributed by atoms with Crippen molar-refractivity contribution >= 4 is 16.7 Å². The van der Waals surface area contributed by atoms with Gasteiger partial charge in [-0.15, -0.1) is 0 Å². The number of pyridine rings is 1. The zero-order chi connectivity index (χ0) is 23.8. The summed E-state index contributed by atoms with van der Waals surface area (Å²) in [6, 6.07) is 8.79. The Morgan fingerprint density at radius 2 is 1.97 bits per heavy atom. The quantitative estimate of drug-likeness (QED) is 0.628. The molecule has 0 spiro atoms. The molecule has 2 saturated heterocycles. The summed E-state index contributed by atoms with van der Waals surface area (Å²) >= 11 is 0. The number of aromatic nitrogens is 3. The van der Waals surface area contributed by atoms with Crippen LogP contribution in [0.1, 0.15) is 48.7 Å². The maximum absolute atomic E-state index is 9.79. The summed E-state index contributed by atoms with van der Waals surface area (Å²) in [6.45, 7) is 8.36. The highest BCUT2D eigenvalue weighted by atomic mass is 16.5. The molecule has 1 aromatic carbocycles. The van der Waals surface area contributed by atoms with Gasteiger partial charge in [-0.2, -0.15) is 15.5 Å². The summed E-state index contributed by atoms with van der Waals surface area (Å²) in [6.07, 6.45) is 3.00. The normalized spacial score (nSPS) is 22.6. The van der Waals surface area contributed by atoms with Crippen molar-refractivity contribution < 1.29 is 9.26 Å². The highest BCUT2D eigenvalue weighted by Crippen LogP contribution is 2.39. The molecule has 2 aliphatic heterocycles. The Bertz CT molecular complexity index is 1310. The van der Waals surface area contributed by atoms with Crippen molar-refractivity contribution in [3.63, 3.8) is 0 Å². The van der Waals surface area contributed by atoms with Crippen molar-refractivity contribution in [2.75, 3.05) is 24.7 Å². The average Bonchev–Trinajstić information content (AvgIpc) is 3.50. The Morgan fingerprint density at radius 3 is 2.62 bits per heavy atom. The van der Waals surface area contributed by atoms with Crippen molar-refractivity contribution in [2.24, 2.45) is 0 Å². The zero-order valence-corrected chi connectivity index (χ0v) is 19.6. The third-order valence-electron chi connectivity index (χ3n) is 6.87. The molecular formula is C25H27N7O2. The maximum atomic E-state index is 9.79. The summed E-state index contributed by atoms with van der Waals surface area (Å²) in [4.78, 5) is 11.8. The fourth-order valence-electron chi connectivity index (χ4n) is 5.15. The van der Waals surface area contributed by atoms with E-state index in [9.17, 15) is 10.5 Å². The Morgan fingerprint density at radius 1 is 1.12 bits per heavy atom. The van der Waals surface area contributed by atoms with Gasteiger partial charge in [-0.1, -0.05) is 5.16 Å². The molecule has 2 aromatic heterocycles. The van der Waals surface area contributed by atoms with E-state index in [0.717, 1.165) is 61.4 Å². The molecule has 9 heteroatoms. The molecule has 2 fully saturated rings. The molecule has 3 atom stereocenters. The fourth-order valence-corrected chi connectivity index (χ4v) is 5.15. The van der Waals surface area contributed by atoms with Crippen LogP contribution in [0.25, 0.3) is 22.4 Å². The minimum atomic E-state index is 0.213. The van der Waals surface area contributed by atoms with E-state index in [4.69, 9.17) is 14.2 Å². The summed E-state index contributed by atoms with van der Waals surface area (Å²) < 4.78 is 11.1. The van der Waals surface area contributed by atoms with Gasteiger partial charge in [0.05, 0.1) is 34.9 Å². The number of anilines is 1. The molecule has 0 saturated carbocycles. The Kier molecular flexibility index (Phi) is 5.91. The summed E-state index contributed by atoms with van der Waals surface area (Å²) in [7, 11) is 0. The van der Waals surface area contributed by atoms with E-state index in [-0.39, 0.29) is 6.04 Å². The fraction of sp³-hybridized carbons (Fsp3) is 0.480. The molecule has 0 amide bonds. The van der Waals surface area contributed by atoms with Gasteiger partial charge in [-0.3, -0.25) is 0 Å². The third kappa shape index (κ3) is 3.98. The van der Waals surface area contributed by atoms with Crippen LogP contribution >= 0.6 is 0 Å². The molecule has 3 aromatic rings. The zero-order valence-electron chi connectivity index (χ0n) is 19.6. The van der Waals surface area contributed by atoms with Crippen LogP contribution in [0.3, 0.4) is 0 Å². The molecule has 2 aliphatic rings. The van der Waals surface area contributed by atoms with Gasteiger partial charge in [0.1, 0.15) is 11.9 Å². The lowest BCUT2D eigenvalue weighted by molar-refractivity contribution is 0.185. The Hall–Kier alpha value is -3.53. The predicted octanol–water partition coefficient (Wildman–Crippen LogP) is 3.38. The van der Waals surface area contributed by atoms with Crippen LogP contribution in [0.4, 0.5) is 5.82 Å². The van der Waals surface area contributed by atoms with Crippen molar-refractivity contribution in [2.45, 2.75) is 58.2 Å². The lowest BCUT2D eigenvalue weighted by Gasteiger charge is -2.40. The highest BCUT2D eigenvalue weighted by molar-refractivity contribution is 5.96. The number of nitriles is 2. The number of piperidine rings is 1. The van der Waals surface area contributed by atoms with Crippen LogP contribution in [0.5, 0.6) is 0 Å². The van der Waals surface area contributed by atoms with Crippen LogP contribution in [0.15, 0.2) is 16.7 Å². The van der Waals surface area contributed by atoms with Gasteiger partial charge in [-0.25, -0.2) is 4.98 Å². The van der Waals surface area contributed by atoms with Gasteiger partial charge in [0.25, 0.3) is 5.89 Å². The van der Waals surface area contributed by atoms with E-state index >= 15 is 0 Å². The largest absolute Gasteiger partial charge is 0.380 e. The highest BCUT2D eigenvalue weighted by Gasteiger charge is 2.32. The number of aryl methyl sites for hydroxylation is 2. The van der Waals surface area contributed by atoms with Gasteiger partial charge in [-0.05, 0) is 57.7 Å². The smallest absolute Gasteiger partial charge is 0.261 e. The molecule has 0 unspecified atom stereocenters. The first kappa shape index (κ1) is 22.3. The molecule has 0 radical (unpaired) electrons. The number of hydrogen-bond donors (Lipinski definition) is 1. The summed E-state index contributed by atoms with van der Waals surface area (Å²) in [5.74, 6) is 1.68. The van der Waals surface area contributed by atoms with E-state index in [2.05, 4.69) is 39.4 Å². The van der Waals surface area contributed by atoms with Gasteiger partial charge in [0.15, 0.2) is 5.82 Å². The first-order chi connectivity index (χ1) is 16.5. The molecule has 34 heavy (non-hydrogen) atoms. The lowest BCUT2D eigenvalue weighted by Crippen LogP contribution is -2.50. The first-order valence-electron chi connectivity index (χ1n) is 11.7. The van der Waals surface area contributed by atoms with Crippen molar-refractivity contribution in [1.82, 2.24) is 20.4 Å². The molecule has 5 rings (SSSR count). The second kappa shape index (κ2) is 9.02. The number of nitrogens with one attached hydrogen (secondary N) is 1. The van der Waals surface area contributed by atoms with Gasteiger partial charge < -0.3 is 19.5 Å². The van der Waals surface area contributed by atoms with Crippen LogP contribution in [-0.2, 0) is 4.74 Å². The molecule has 174 valence electrons. The van der Waals surface area contributed by atoms with Crippen LogP contribution < -0.4 is 10.2 Å². The summed E-state index contributed by atoms with van der Waals surface area (Å²) in [5.41, 5.74) is 3.02. The predicted molar refractivity (Wildman–Crippen MR) is 126 cm³/mol. The molecule has 0 bridgehead atoms. The number of fused-ring (bicyclic) bond motifs is 1. The molecule has 1 N–H and O–H groups in total. The number of rotatable bonds is 4. The monoisotopic (exact) mass is 457 g/mol. The minimum Gasteiger partial charge on any atom is -0.380 e. The number of benzene rings is 1. The molecule has 4 heterocycles. The van der Waals surface area contributed by atoms with Gasteiger partial charge >= 0.3 is 0 Å². The van der Waals surface area contributed by atoms with Crippen LogP contribution in [0.2, 0.25) is 0 Å². The lowest BCUT2D eigenvalue weighted by atomic mass is 9.94. The standard InChI is InChI=1S/C25H27N7O2/c1-14-8-19(29-20-5-7-33-13-20)4-6-32(14)24-22(25-28-16(3)31-34-25)15(2)21-10-17(11-26)9-18(12-27)23(21)30-24/h9-10,14,19-20,29H,4-8,13H2,1-3H3/t14-,19-,20-/m1/s1. The van der Waals surface area contributed by atoms with Gasteiger partial charge in [0.2, 0.25) is 0 Å². The molecule has 9 nitrogen and oxygen atoms in total.